The Morgan fingerprint density at radius 2 is 2.08 bits per heavy atom. The maximum atomic E-state index is 3.50. The Balaban J connectivity index is 2.32. The number of nitrogens with one attached hydrogen (secondary N) is 1. The fourth-order valence-electron chi connectivity index (χ4n) is 2.19. The molecule has 0 aromatic rings. The predicted molar refractivity (Wildman–Crippen MR) is 57.9 cm³/mol. The van der Waals surface area contributed by atoms with Crippen LogP contribution in [0.4, 0.5) is 0 Å². The van der Waals surface area contributed by atoms with E-state index in [1.165, 1.54) is 26.1 Å². The van der Waals surface area contributed by atoms with E-state index in [-0.39, 0.29) is 0 Å². The van der Waals surface area contributed by atoms with Crippen LogP contribution in [-0.2, 0) is 0 Å². The van der Waals surface area contributed by atoms with Crippen molar-refractivity contribution in [2.75, 3.05) is 26.7 Å². The molecule has 0 spiro atoms. The van der Waals surface area contributed by atoms with E-state index >= 15 is 0 Å². The van der Waals surface area contributed by atoms with E-state index in [1.807, 2.05) is 0 Å². The number of nitrogens with zero attached hydrogens (tertiary/aromatic N) is 1. The highest BCUT2D eigenvalue weighted by molar-refractivity contribution is 4.80. The number of piperidine rings is 1. The molecule has 0 aromatic heterocycles. The summed E-state index contributed by atoms with van der Waals surface area (Å²) in [6, 6.07) is 0.756. The van der Waals surface area contributed by atoms with Crippen molar-refractivity contribution >= 4 is 0 Å². The summed E-state index contributed by atoms with van der Waals surface area (Å²) in [6.07, 6.45) is 1.36. The van der Waals surface area contributed by atoms with Crippen LogP contribution in [0.25, 0.3) is 0 Å². The zero-order valence-electron chi connectivity index (χ0n) is 9.51. The molecule has 1 rings (SSSR count). The molecule has 0 amide bonds. The second kappa shape index (κ2) is 4.97. The minimum Gasteiger partial charge on any atom is -0.315 e. The van der Waals surface area contributed by atoms with Crippen LogP contribution in [0.1, 0.15) is 27.2 Å². The molecule has 0 aliphatic carbocycles. The summed E-state index contributed by atoms with van der Waals surface area (Å²) in [5.41, 5.74) is 0. The van der Waals surface area contributed by atoms with Gasteiger partial charge in [-0.15, -0.1) is 0 Å². The third-order valence-electron chi connectivity index (χ3n) is 2.82. The second-order valence-electron chi connectivity index (χ2n) is 4.99. The molecule has 1 heterocycles. The van der Waals surface area contributed by atoms with Crippen molar-refractivity contribution in [1.29, 1.82) is 0 Å². The van der Waals surface area contributed by atoms with E-state index in [0.717, 1.165) is 17.9 Å². The minimum atomic E-state index is 0.756. The van der Waals surface area contributed by atoms with Gasteiger partial charge in [0.25, 0.3) is 0 Å². The van der Waals surface area contributed by atoms with Crippen LogP contribution in [-0.4, -0.2) is 37.6 Å². The minimum absolute atomic E-state index is 0.756. The number of rotatable bonds is 3. The zero-order valence-corrected chi connectivity index (χ0v) is 9.51. The van der Waals surface area contributed by atoms with Gasteiger partial charge in [-0.1, -0.05) is 20.8 Å². The van der Waals surface area contributed by atoms with Crippen molar-refractivity contribution in [1.82, 2.24) is 10.2 Å². The monoisotopic (exact) mass is 184 g/mol. The molecule has 0 aromatic carbocycles. The van der Waals surface area contributed by atoms with E-state index in [0.29, 0.717) is 0 Å². The summed E-state index contributed by atoms with van der Waals surface area (Å²) >= 11 is 0. The lowest BCUT2D eigenvalue weighted by Gasteiger charge is -2.35. The van der Waals surface area contributed by atoms with Crippen LogP contribution >= 0.6 is 0 Å². The first kappa shape index (κ1) is 11.0. The molecule has 78 valence electrons. The van der Waals surface area contributed by atoms with Crippen molar-refractivity contribution in [2.45, 2.75) is 33.2 Å². The lowest BCUT2D eigenvalue weighted by molar-refractivity contribution is 0.162. The van der Waals surface area contributed by atoms with Gasteiger partial charge in [-0.3, -0.25) is 0 Å². The summed E-state index contributed by atoms with van der Waals surface area (Å²) in [4.78, 5) is 2.51. The molecule has 13 heavy (non-hydrogen) atoms. The largest absolute Gasteiger partial charge is 0.315 e. The van der Waals surface area contributed by atoms with Crippen LogP contribution in [0, 0.1) is 11.8 Å². The highest BCUT2D eigenvalue weighted by atomic mass is 15.2. The lowest BCUT2D eigenvalue weighted by atomic mass is 9.96. The SMILES string of the molecule is CC(C)CN(C)C1CNCC(C)C1. The predicted octanol–water partition coefficient (Wildman–Crippen LogP) is 1.57. The maximum Gasteiger partial charge on any atom is 0.0220 e. The standard InChI is InChI=1S/C11H24N2/c1-9(2)8-13(4)11-5-10(3)6-12-7-11/h9-12H,5-8H2,1-4H3. The highest BCUT2D eigenvalue weighted by Crippen LogP contribution is 2.14. The third kappa shape index (κ3) is 3.65. The van der Waals surface area contributed by atoms with E-state index in [9.17, 15) is 0 Å². The van der Waals surface area contributed by atoms with Crippen molar-refractivity contribution in [3.8, 4) is 0 Å². The maximum absolute atomic E-state index is 3.50. The fourth-order valence-corrected chi connectivity index (χ4v) is 2.19. The zero-order chi connectivity index (χ0) is 9.84. The van der Waals surface area contributed by atoms with Crippen molar-refractivity contribution < 1.29 is 0 Å². The Morgan fingerprint density at radius 3 is 2.62 bits per heavy atom. The summed E-state index contributed by atoms with van der Waals surface area (Å²) in [7, 11) is 2.25. The Kier molecular flexibility index (Phi) is 4.20. The topological polar surface area (TPSA) is 15.3 Å². The third-order valence-corrected chi connectivity index (χ3v) is 2.82. The average molecular weight is 184 g/mol. The van der Waals surface area contributed by atoms with E-state index in [1.54, 1.807) is 0 Å². The van der Waals surface area contributed by atoms with Gasteiger partial charge in [0.1, 0.15) is 0 Å². The average Bonchev–Trinajstić information content (AvgIpc) is 2.03. The second-order valence-corrected chi connectivity index (χ2v) is 4.99. The van der Waals surface area contributed by atoms with Crippen LogP contribution in [0.2, 0.25) is 0 Å². The first-order valence-corrected chi connectivity index (χ1v) is 5.50. The van der Waals surface area contributed by atoms with E-state index in [4.69, 9.17) is 0 Å². The highest BCUT2D eigenvalue weighted by Gasteiger charge is 2.21. The van der Waals surface area contributed by atoms with Crippen LogP contribution in [0.15, 0.2) is 0 Å². The molecule has 2 atom stereocenters. The number of likely N-dealkylation sites (N-methyl/N-ethyl adjacent to an activating group) is 1. The van der Waals surface area contributed by atoms with Gasteiger partial charge in [-0.05, 0) is 31.8 Å². The van der Waals surface area contributed by atoms with E-state index in [2.05, 4.69) is 38.0 Å². The van der Waals surface area contributed by atoms with Crippen molar-refractivity contribution in [3.63, 3.8) is 0 Å². The Bertz CT molecular complexity index is 145. The van der Waals surface area contributed by atoms with Gasteiger partial charge in [0.05, 0.1) is 0 Å². The molecule has 0 bridgehead atoms. The molecule has 0 radical (unpaired) electrons. The van der Waals surface area contributed by atoms with Crippen LogP contribution in [0.3, 0.4) is 0 Å². The molecule has 1 fully saturated rings. The quantitative estimate of drug-likeness (QED) is 0.716. The molecule has 2 heteroatoms. The smallest absolute Gasteiger partial charge is 0.0220 e. The molecule has 1 saturated heterocycles. The molecule has 2 unspecified atom stereocenters. The van der Waals surface area contributed by atoms with Crippen LogP contribution < -0.4 is 5.32 Å². The molecule has 1 aliphatic heterocycles. The molecule has 0 saturated carbocycles. The summed E-state index contributed by atoms with van der Waals surface area (Å²) in [5.74, 6) is 1.62. The summed E-state index contributed by atoms with van der Waals surface area (Å²) < 4.78 is 0. The van der Waals surface area contributed by atoms with Gasteiger partial charge in [0.2, 0.25) is 0 Å². The molecule has 1 aliphatic rings. The molecule has 1 N–H and O–H groups in total. The normalized spacial score (nSPS) is 30.0. The van der Waals surface area contributed by atoms with Crippen molar-refractivity contribution in [2.24, 2.45) is 11.8 Å². The fraction of sp³-hybridized carbons (Fsp3) is 1.00. The lowest BCUT2D eigenvalue weighted by Crippen LogP contribution is -2.47. The Hall–Kier alpha value is -0.0800. The van der Waals surface area contributed by atoms with Crippen molar-refractivity contribution in [3.05, 3.63) is 0 Å². The van der Waals surface area contributed by atoms with Gasteiger partial charge >= 0.3 is 0 Å². The molecule has 2 nitrogen and oxygen atoms in total. The van der Waals surface area contributed by atoms with Gasteiger partial charge in [-0.25, -0.2) is 0 Å². The molecular formula is C11H24N2. The van der Waals surface area contributed by atoms with Gasteiger partial charge in [0, 0.05) is 19.1 Å². The van der Waals surface area contributed by atoms with Gasteiger partial charge < -0.3 is 10.2 Å². The number of hydrogen-bond acceptors (Lipinski definition) is 2. The van der Waals surface area contributed by atoms with E-state index < -0.39 is 0 Å². The van der Waals surface area contributed by atoms with Gasteiger partial charge in [-0.2, -0.15) is 0 Å². The summed E-state index contributed by atoms with van der Waals surface area (Å²) in [5, 5.41) is 3.50. The first-order valence-electron chi connectivity index (χ1n) is 5.50. The number of hydrogen-bond donors (Lipinski definition) is 1. The molecular weight excluding hydrogens is 160 g/mol. The van der Waals surface area contributed by atoms with Gasteiger partial charge in [0.15, 0.2) is 0 Å². The van der Waals surface area contributed by atoms with Crippen LogP contribution in [0.5, 0.6) is 0 Å². The summed E-state index contributed by atoms with van der Waals surface area (Å²) in [6.45, 7) is 10.5. The first-order chi connectivity index (χ1) is 6.09. The Morgan fingerprint density at radius 1 is 1.38 bits per heavy atom. The Labute approximate surface area is 82.7 Å².